The van der Waals surface area contributed by atoms with E-state index in [1.165, 1.54) is 0 Å². The molecule has 2 unspecified atom stereocenters. The van der Waals surface area contributed by atoms with Gasteiger partial charge in [-0.1, -0.05) is 17.2 Å². The number of hydrogen-bond donors (Lipinski definition) is 0. The van der Waals surface area contributed by atoms with Crippen LogP contribution in [-0.4, -0.2) is 12.3 Å². The molecule has 0 N–H and O–H groups in total. The van der Waals surface area contributed by atoms with Crippen molar-refractivity contribution in [2.24, 2.45) is 0 Å². The van der Waals surface area contributed by atoms with E-state index < -0.39 is 85.9 Å². The van der Waals surface area contributed by atoms with E-state index in [9.17, 15) is 43.9 Å². The highest BCUT2D eigenvalue weighted by Crippen LogP contribution is 2.26. The second-order valence-electron chi connectivity index (χ2n) is 5.45. The Balaban J connectivity index is 1.93. The van der Waals surface area contributed by atoms with Crippen molar-refractivity contribution in [3.8, 4) is 0 Å². The van der Waals surface area contributed by atoms with Crippen LogP contribution in [-0.2, 0) is 0 Å². The van der Waals surface area contributed by atoms with Gasteiger partial charge in [0.15, 0.2) is 46.5 Å². The van der Waals surface area contributed by atoms with E-state index in [0.29, 0.717) is 0 Å². The molecule has 2 rings (SSSR count). The van der Waals surface area contributed by atoms with Crippen molar-refractivity contribution in [1.29, 1.82) is 0 Å². The quantitative estimate of drug-likeness (QED) is 0.178. The SMILES string of the molecule is Fc1c(F)c(F)c(PCCCCPc2c(F)c(F)c(F)c(F)c2F)c(F)c1F. The first-order valence-corrected chi connectivity index (χ1v) is 10.0. The third kappa shape index (κ3) is 4.43. The number of halogens is 10. The van der Waals surface area contributed by atoms with Crippen molar-refractivity contribution in [2.45, 2.75) is 12.8 Å². The smallest absolute Gasteiger partial charge is 0.200 e. The molecule has 2 atom stereocenters. The minimum Gasteiger partial charge on any atom is -0.203 e. The van der Waals surface area contributed by atoms with Gasteiger partial charge < -0.3 is 0 Å². The first kappa shape index (κ1) is 22.9. The van der Waals surface area contributed by atoms with E-state index in [1.807, 2.05) is 0 Å². The van der Waals surface area contributed by atoms with Crippen LogP contribution in [0.4, 0.5) is 43.9 Å². The van der Waals surface area contributed by atoms with Crippen LogP contribution in [0, 0.1) is 58.2 Å². The molecule has 0 radical (unpaired) electrons. The summed E-state index contributed by atoms with van der Waals surface area (Å²) in [5, 5.41) is -1.89. The van der Waals surface area contributed by atoms with Gasteiger partial charge in [-0.15, -0.1) is 0 Å². The van der Waals surface area contributed by atoms with Gasteiger partial charge in [0.1, 0.15) is 0 Å². The number of unbranched alkanes of at least 4 members (excludes halogenated alkanes) is 1. The van der Waals surface area contributed by atoms with E-state index in [2.05, 4.69) is 0 Å². The van der Waals surface area contributed by atoms with Gasteiger partial charge in [-0.2, -0.15) is 0 Å². The van der Waals surface area contributed by atoms with Crippen molar-refractivity contribution >= 4 is 27.8 Å². The Hall–Kier alpha value is -1.40. The Morgan fingerprint density at radius 1 is 0.357 bits per heavy atom. The molecule has 0 heterocycles. The molecule has 0 spiro atoms. The fraction of sp³-hybridized carbons (Fsp3) is 0.250. The second-order valence-corrected chi connectivity index (χ2v) is 8.16. The maximum Gasteiger partial charge on any atom is 0.200 e. The Morgan fingerprint density at radius 2 is 0.571 bits per heavy atom. The fourth-order valence-corrected chi connectivity index (χ4v) is 4.61. The molecular formula is C16H10F10P2. The number of hydrogen-bond acceptors (Lipinski definition) is 0. The molecule has 28 heavy (non-hydrogen) atoms. The van der Waals surface area contributed by atoms with Crippen molar-refractivity contribution in [3.05, 3.63) is 58.2 Å². The lowest BCUT2D eigenvalue weighted by molar-refractivity contribution is 0.384. The molecule has 2 aromatic rings. The van der Waals surface area contributed by atoms with Crippen LogP contribution in [0.3, 0.4) is 0 Å². The summed E-state index contributed by atoms with van der Waals surface area (Å²) in [6, 6.07) is 0. The molecule has 0 saturated carbocycles. The molecule has 0 aliphatic carbocycles. The molecular weight excluding hydrogens is 444 g/mol. The summed E-state index contributed by atoms with van der Waals surface area (Å²) in [6.45, 7) is 0. The van der Waals surface area contributed by atoms with Gasteiger partial charge in [0.05, 0.1) is 10.6 Å². The highest BCUT2D eigenvalue weighted by Gasteiger charge is 2.26. The highest BCUT2D eigenvalue weighted by atomic mass is 31.1. The third-order valence-corrected chi connectivity index (χ3v) is 6.42. The predicted molar refractivity (Wildman–Crippen MR) is 87.3 cm³/mol. The lowest BCUT2D eigenvalue weighted by Gasteiger charge is -2.09. The lowest BCUT2D eigenvalue weighted by atomic mass is 10.3. The van der Waals surface area contributed by atoms with Gasteiger partial charge in [-0.05, 0) is 25.2 Å². The molecule has 12 heteroatoms. The highest BCUT2D eigenvalue weighted by molar-refractivity contribution is 7.47. The number of benzene rings is 2. The summed E-state index contributed by atoms with van der Waals surface area (Å²) >= 11 is 0. The van der Waals surface area contributed by atoms with Crippen LogP contribution in [0.25, 0.3) is 0 Å². The standard InChI is InChI=1S/C16H10F10P2/c17-5-7(19)11(23)15(12(24)8(5)20)27-3-1-2-4-28-16-13(25)9(21)6(18)10(22)14(16)26/h27-28H,1-4H2. The summed E-state index contributed by atoms with van der Waals surface area (Å²) < 4.78 is 132. The summed E-state index contributed by atoms with van der Waals surface area (Å²) in [4.78, 5) is 0. The molecule has 0 saturated heterocycles. The summed E-state index contributed by atoms with van der Waals surface area (Å²) in [6.07, 6.45) is 0.389. The summed E-state index contributed by atoms with van der Waals surface area (Å²) in [5.41, 5.74) is 0. The van der Waals surface area contributed by atoms with Crippen molar-refractivity contribution < 1.29 is 43.9 Å². The van der Waals surface area contributed by atoms with Crippen LogP contribution in [0.2, 0.25) is 0 Å². The molecule has 0 aliphatic heterocycles. The maximum atomic E-state index is 13.5. The fourth-order valence-electron chi connectivity index (χ4n) is 2.20. The minimum atomic E-state index is -2.26. The van der Waals surface area contributed by atoms with E-state index in [4.69, 9.17) is 0 Å². The second kappa shape index (κ2) is 9.40. The van der Waals surface area contributed by atoms with Crippen LogP contribution in [0.15, 0.2) is 0 Å². The normalized spacial score (nSPS) is 12.2. The van der Waals surface area contributed by atoms with Crippen LogP contribution in [0.5, 0.6) is 0 Å². The summed E-state index contributed by atoms with van der Waals surface area (Å²) in [7, 11) is -1.51. The Bertz CT molecular complexity index is 768. The van der Waals surface area contributed by atoms with Gasteiger partial charge >= 0.3 is 0 Å². The van der Waals surface area contributed by atoms with Crippen LogP contribution >= 0.6 is 17.2 Å². The zero-order valence-corrected chi connectivity index (χ0v) is 15.6. The number of rotatable bonds is 7. The van der Waals surface area contributed by atoms with Crippen molar-refractivity contribution in [3.63, 3.8) is 0 Å². The van der Waals surface area contributed by atoms with Gasteiger partial charge in [0.2, 0.25) is 11.6 Å². The first-order valence-electron chi connectivity index (χ1n) is 7.60. The third-order valence-electron chi connectivity index (χ3n) is 3.63. The molecule has 2 aromatic carbocycles. The maximum absolute atomic E-state index is 13.5. The van der Waals surface area contributed by atoms with E-state index >= 15 is 0 Å². The molecule has 0 nitrogen and oxygen atoms in total. The largest absolute Gasteiger partial charge is 0.203 e. The van der Waals surface area contributed by atoms with Gasteiger partial charge in [0.25, 0.3) is 0 Å². The van der Waals surface area contributed by atoms with Crippen molar-refractivity contribution in [2.75, 3.05) is 12.3 Å². The molecule has 0 aliphatic rings. The minimum absolute atomic E-state index is 0.0138. The zero-order valence-electron chi connectivity index (χ0n) is 13.6. The molecule has 154 valence electrons. The van der Waals surface area contributed by atoms with Gasteiger partial charge in [0, 0.05) is 0 Å². The van der Waals surface area contributed by atoms with Crippen molar-refractivity contribution in [1.82, 2.24) is 0 Å². The van der Waals surface area contributed by atoms with Crippen LogP contribution in [0.1, 0.15) is 12.8 Å². The predicted octanol–water partition coefficient (Wildman–Crippen LogP) is 5.17. The molecule has 0 fully saturated rings. The van der Waals surface area contributed by atoms with Gasteiger partial charge in [-0.25, -0.2) is 43.9 Å². The monoisotopic (exact) mass is 454 g/mol. The van der Waals surface area contributed by atoms with E-state index in [0.717, 1.165) is 0 Å². The van der Waals surface area contributed by atoms with E-state index in [-0.39, 0.29) is 25.2 Å². The van der Waals surface area contributed by atoms with Gasteiger partial charge in [-0.3, -0.25) is 0 Å². The Labute approximate surface area is 155 Å². The Morgan fingerprint density at radius 3 is 0.821 bits per heavy atom. The lowest BCUT2D eigenvalue weighted by Crippen LogP contribution is -2.17. The average Bonchev–Trinajstić information content (AvgIpc) is 2.68. The molecule has 0 aromatic heterocycles. The molecule has 0 amide bonds. The average molecular weight is 454 g/mol. The topological polar surface area (TPSA) is 0 Å². The van der Waals surface area contributed by atoms with E-state index in [1.54, 1.807) is 0 Å². The van der Waals surface area contributed by atoms with Crippen LogP contribution < -0.4 is 10.6 Å². The molecule has 0 bridgehead atoms. The Kier molecular flexibility index (Phi) is 7.68. The zero-order chi connectivity index (χ0) is 21.2. The summed E-state index contributed by atoms with van der Waals surface area (Å²) in [5.74, 6) is -20.4. The first-order chi connectivity index (χ1) is 13.1.